The van der Waals surface area contributed by atoms with E-state index < -0.39 is 0 Å². The molecule has 2 nitrogen and oxygen atoms in total. The van der Waals surface area contributed by atoms with Crippen LogP contribution in [0.4, 0.5) is 0 Å². The summed E-state index contributed by atoms with van der Waals surface area (Å²) >= 11 is 0. The van der Waals surface area contributed by atoms with E-state index in [2.05, 4.69) is 25.8 Å². The van der Waals surface area contributed by atoms with Gasteiger partial charge in [0.05, 0.1) is 0 Å². The summed E-state index contributed by atoms with van der Waals surface area (Å²) in [4.78, 5) is 2.34. The van der Waals surface area contributed by atoms with Crippen LogP contribution >= 0.6 is 0 Å². The van der Waals surface area contributed by atoms with Crippen LogP contribution in [0, 0.1) is 0 Å². The summed E-state index contributed by atoms with van der Waals surface area (Å²) in [5.41, 5.74) is 0.0625. The number of hydrogen-bond donors (Lipinski definition) is 0. The van der Waals surface area contributed by atoms with Gasteiger partial charge in [-0.05, 0) is 39.3 Å². The summed E-state index contributed by atoms with van der Waals surface area (Å²) in [5, 5.41) is 0. The van der Waals surface area contributed by atoms with Crippen molar-refractivity contribution in [3.63, 3.8) is 0 Å². The summed E-state index contributed by atoms with van der Waals surface area (Å²) in [6.07, 6.45) is 4.86. The Hall–Kier alpha value is -0.0800. The lowest BCUT2D eigenvalue weighted by molar-refractivity contribution is -0.172. The number of ether oxygens (including phenoxy) is 1. The number of nitrogens with zero attached hydrogens (tertiary/aromatic N) is 1. The molecule has 14 heavy (non-hydrogen) atoms. The molecule has 1 unspecified atom stereocenters. The van der Waals surface area contributed by atoms with Crippen molar-refractivity contribution in [2.75, 3.05) is 20.2 Å². The van der Waals surface area contributed by atoms with Crippen molar-refractivity contribution in [1.82, 2.24) is 4.90 Å². The van der Waals surface area contributed by atoms with Crippen LogP contribution < -0.4 is 0 Å². The lowest BCUT2D eigenvalue weighted by atomic mass is 9.98. The van der Waals surface area contributed by atoms with Gasteiger partial charge in [-0.2, -0.15) is 0 Å². The third-order valence-electron chi connectivity index (χ3n) is 3.05. The lowest BCUT2D eigenvalue weighted by Gasteiger charge is -2.43. The Bertz CT molecular complexity index is 130. The smallest absolute Gasteiger partial charge is 0.121 e. The van der Waals surface area contributed by atoms with Crippen molar-refractivity contribution in [1.29, 1.82) is 0 Å². The van der Waals surface area contributed by atoms with Crippen molar-refractivity contribution in [2.24, 2.45) is 0 Å². The lowest BCUT2D eigenvalue weighted by Crippen LogP contribution is -2.50. The fourth-order valence-corrected chi connectivity index (χ4v) is 1.98. The quantitative estimate of drug-likeness (QED) is 0.695. The predicted octanol–water partition coefficient (Wildman–Crippen LogP) is 3.27. The van der Waals surface area contributed by atoms with Gasteiger partial charge in [0, 0.05) is 6.61 Å². The van der Waals surface area contributed by atoms with E-state index in [1.807, 2.05) is 13.8 Å². The van der Waals surface area contributed by atoms with Crippen LogP contribution in [0.25, 0.3) is 0 Å². The maximum absolute atomic E-state index is 5.89. The number of hydrogen-bond acceptors (Lipinski definition) is 2. The highest BCUT2D eigenvalue weighted by molar-refractivity contribution is 4.80. The average molecular weight is 201 g/mol. The minimum absolute atomic E-state index is 0.0625. The molecule has 86 valence electrons. The summed E-state index contributed by atoms with van der Waals surface area (Å²) in [7, 11) is 2.16. The van der Waals surface area contributed by atoms with Crippen LogP contribution in [0.3, 0.4) is 0 Å². The van der Waals surface area contributed by atoms with Gasteiger partial charge in [-0.25, -0.2) is 0 Å². The van der Waals surface area contributed by atoms with E-state index in [9.17, 15) is 0 Å². The molecule has 1 fully saturated rings. The van der Waals surface area contributed by atoms with Crippen LogP contribution in [0.15, 0.2) is 0 Å². The molecule has 0 bridgehead atoms. The molecule has 0 aromatic heterocycles. The molecule has 0 aliphatic carbocycles. The minimum Gasteiger partial charge on any atom is -0.360 e. The summed E-state index contributed by atoms with van der Waals surface area (Å²) in [5.74, 6) is 0. The Morgan fingerprint density at radius 3 is 2.21 bits per heavy atom. The van der Waals surface area contributed by atoms with Gasteiger partial charge >= 0.3 is 0 Å². The Morgan fingerprint density at radius 2 is 1.86 bits per heavy atom. The fraction of sp³-hybridized carbons (Fsp3) is 1.00. The van der Waals surface area contributed by atoms with Crippen molar-refractivity contribution < 1.29 is 4.74 Å². The Kier molecular flexibility index (Phi) is 7.20. The van der Waals surface area contributed by atoms with E-state index in [1.165, 1.54) is 19.3 Å². The zero-order chi connectivity index (χ0) is 11.0. The molecule has 0 radical (unpaired) electrons. The standard InChI is InChI=1S/C10H21NO.C2H6/c1-4-10(11(3)5-2)8-6-7-9-12-10;1-2/h4-9H2,1-3H3;1-2H3. The monoisotopic (exact) mass is 201 g/mol. The minimum atomic E-state index is 0.0625. The van der Waals surface area contributed by atoms with E-state index in [4.69, 9.17) is 4.74 Å². The molecule has 2 heteroatoms. The van der Waals surface area contributed by atoms with Gasteiger partial charge in [0.1, 0.15) is 5.72 Å². The molecule has 1 atom stereocenters. The first kappa shape index (κ1) is 13.9. The van der Waals surface area contributed by atoms with Gasteiger partial charge in [0.25, 0.3) is 0 Å². The van der Waals surface area contributed by atoms with Gasteiger partial charge in [-0.1, -0.05) is 27.7 Å². The van der Waals surface area contributed by atoms with Gasteiger partial charge in [-0.3, -0.25) is 4.90 Å². The highest BCUT2D eigenvalue weighted by Gasteiger charge is 2.34. The van der Waals surface area contributed by atoms with Crippen molar-refractivity contribution in [3.05, 3.63) is 0 Å². The fourth-order valence-electron chi connectivity index (χ4n) is 1.98. The predicted molar refractivity (Wildman–Crippen MR) is 62.5 cm³/mol. The molecule has 0 aromatic rings. The molecule has 1 aliphatic heterocycles. The van der Waals surface area contributed by atoms with E-state index in [1.54, 1.807) is 0 Å². The third kappa shape index (κ3) is 3.25. The first-order valence-corrected chi connectivity index (χ1v) is 6.10. The SMILES string of the molecule is CC.CCN(C)C1(CC)CCCCO1. The molecule has 0 N–H and O–H groups in total. The van der Waals surface area contributed by atoms with Crippen LogP contribution in [-0.4, -0.2) is 30.8 Å². The van der Waals surface area contributed by atoms with E-state index >= 15 is 0 Å². The Balaban J connectivity index is 0.000000791. The van der Waals surface area contributed by atoms with Crippen LogP contribution in [0.2, 0.25) is 0 Å². The highest BCUT2D eigenvalue weighted by atomic mass is 16.5. The maximum Gasteiger partial charge on any atom is 0.121 e. The second-order valence-electron chi connectivity index (χ2n) is 3.62. The molecule has 0 aromatic carbocycles. The summed E-state index contributed by atoms with van der Waals surface area (Å²) < 4.78 is 5.89. The molecule has 1 heterocycles. The molecule has 0 spiro atoms. The second-order valence-corrected chi connectivity index (χ2v) is 3.62. The molecule has 1 saturated heterocycles. The zero-order valence-electron chi connectivity index (χ0n) is 10.6. The maximum atomic E-state index is 5.89. The van der Waals surface area contributed by atoms with E-state index in [0.717, 1.165) is 19.6 Å². The largest absolute Gasteiger partial charge is 0.360 e. The van der Waals surface area contributed by atoms with E-state index in [0.29, 0.717) is 0 Å². The van der Waals surface area contributed by atoms with Crippen molar-refractivity contribution in [2.45, 2.75) is 59.1 Å². The topological polar surface area (TPSA) is 12.5 Å². The molecular weight excluding hydrogens is 174 g/mol. The van der Waals surface area contributed by atoms with Crippen LogP contribution in [0.1, 0.15) is 53.4 Å². The van der Waals surface area contributed by atoms with Crippen molar-refractivity contribution >= 4 is 0 Å². The third-order valence-corrected chi connectivity index (χ3v) is 3.05. The molecule has 0 amide bonds. The molecule has 1 aliphatic rings. The van der Waals surface area contributed by atoms with E-state index in [-0.39, 0.29) is 5.72 Å². The first-order chi connectivity index (χ1) is 6.75. The molecular formula is C12H27NO. The van der Waals surface area contributed by atoms with Gasteiger partial charge in [0.15, 0.2) is 0 Å². The second kappa shape index (κ2) is 7.24. The number of rotatable bonds is 3. The molecule has 1 rings (SSSR count). The first-order valence-electron chi connectivity index (χ1n) is 6.10. The van der Waals surface area contributed by atoms with Gasteiger partial charge in [-0.15, -0.1) is 0 Å². The van der Waals surface area contributed by atoms with Crippen molar-refractivity contribution in [3.8, 4) is 0 Å². The zero-order valence-corrected chi connectivity index (χ0v) is 10.6. The van der Waals surface area contributed by atoms with Crippen LogP contribution in [-0.2, 0) is 4.74 Å². The summed E-state index contributed by atoms with van der Waals surface area (Å²) in [6, 6.07) is 0. The average Bonchev–Trinajstić information content (AvgIpc) is 2.31. The van der Waals surface area contributed by atoms with Gasteiger partial charge in [0.2, 0.25) is 0 Å². The Morgan fingerprint density at radius 1 is 1.21 bits per heavy atom. The van der Waals surface area contributed by atoms with Crippen LogP contribution in [0.5, 0.6) is 0 Å². The molecule has 0 saturated carbocycles. The summed E-state index contributed by atoms with van der Waals surface area (Å²) in [6.45, 7) is 10.4. The highest BCUT2D eigenvalue weighted by Crippen LogP contribution is 2.30. The van der Waals surface area contributed by atoms with Gasteiger partial charge < -0.3 is 4.74 Å². The Labute approximate surface area is 89.6 Å². The normalized spacial score (nSPS) is 27.0.